The zero-order valence-electron chi connectivity index (χ0n) is 17.4. The lowest BCUT2D eigenvalue weighted by Crippen LogP contribution is -2.39. The number of halogens is 1. The standard InChI is InChI=1S/C20H32N4O3.HI/c1-5-21-20(22-11-10-19(25)24-12-6-7-13-24)23(2)15-16-8-9-17(26-3)14-18(16)27-4;/h8-9,14H,5-7,10-13,15H2,1-4H3,(H,21,22);1H. The van der Waals surface area contributed by atoms with Crippen molar-refractivity contribution in [2.45, 2.75) is 32.7 Å². The van der Waals surface area contributed by atoms with E-state index in [1.165, 1.54) is 0 Å². The van der Waals surface area contributed by atoms with Crippen molar-refractivity contribution in [2.24, 2.45) is 4.99 Å². The third-order valence-corrected chi connectivity index (χ3v) is 4.64. The first-order chi connectivity index (χ1) is 13.1. The summed E-state index contributed by atoms with van der Waals surface area (Å²) in [7, 11) is 5.27. The van der Waals surface area contributed by atoms with Gasteiger partial charge in [0, 0.05) is 51.3 Å². The average Bonchev–Trinajstić information content (AvgIpc) is 3.22. The number of hydrogen-bond donors (Lipinski definition) is 1. The van der Waals surface area contributed by atoms with E-state index in [2.05, 4.69) is 10.3 Å². The Kier molecular flexibility index (Phi) is 11.0. The van der Waals surface area contributed by atoms with E-state index in [0.717, 1.165) is 55.5 Å². The SMILES string of the molecule is CCNC(=NCCC(=O)N1CCCC1)N(C)Cc1ccc(OC)cc1OC.I. The van der Waals surface area contributed by atoms with Crippen molar-refractivity contribution < 1.29 is 14.3 Å². The molecule has 1 aromatic rings. The molecule has 1 fully saturated rings. The van der Waals surface area contributed by atoms with E-state index in [9.17, 15) is 4.79 Å². The highest BCUT2D eigenvalue weighted by molar-refractivity contribution is 14.0. The minimum Gasteiger partial charge on any atom is -0.497 e. The molecule has 1 aliphatic heterocycles. The van der Waals surface area contributed by atoms with E-state index < -0.39 is 0 Å². The van der Waals surface area contributed by atoms with Crippen LogP contribution in [0.2, 0.25) is 0 Å². The molecule has 1 amide bonds. The molecule has 158 valence electrons. The van der Waals surface area contributed by atoms with E-state index in [1.54, 1.807) is 14.2 Å². The number of benzene rings is 1. The molecule has 0 atom stereocenters. The predicted molar refractivity (Wildman–Crippen MR) is 123 cm³/mol. The van der Waals surface area contributed by atoms with Crippen LogP contribution < -0.4 is 14.8 Å². The van der Waals surface area contributed by atoms with Crippen LogP contribution in [0.15, 0.2) is 23.2 Å². The van der Waals surface area contributed by atoms with Gasteiger partial charge in [-0.25, -0.2) is 0 Å². The second-order valence-electron chi connectivity index (χ2n) is 6.61. The molecule has 7 nitrogen and oxygen atoms in total. The van der Waals surface area contributed by atoms with E-state index in [0.29, 0.717) is 19.5 Å². The lowest BCUT2D eigenvalue weighted by Gasteiger charge is -2.23. The smallest absolute Gasteiger partial charge is 0.224 e. The van der Waals surface area contributed by atoms with Gasteiger partial charge in [-0.05, 0) is 31.9 Å². The van der Waals surface area contributed by atoms with Crippen molar-refractivity contribution in [3.63, 3.8) is 0 Å². The van der Waals surface area contributed by atoms with E-state index in [1.807, 2.05) is 42.0 Å². The quantitative estimate of drug-likeness (QED) is 0.335. The van der Waals surface area contributed by atoms with E-state index >= 15 is 0 Å². The third-order valence-electron chi connectivity index (χ3n) is 4.64. The van der Waals surface area contributed by atoms with Crippen LogP contribution in [-0.4, -0.2) is 69.1 Å². The average molecular weight is 504 g/mol. The molecule has 0 aromatic heterocycles. The monoisotopic (exact) mass is 504 g/mol. The van der Waals surface area contributed by atoms with Crippen LogP contribution >= 0.6 is 24.0 Å². The van der Waals surface area contributed by atoms with E-state index in [4.69, 9.17) is 9.47 Å². The highest BCUT2D eigenvalue weighted by Crippen LogP contribution is 2.25. The van der Waals surface area contributed by atoms with Gasteiger partial charge in [0.05, 0.1) is 20.8 Å². The Balaban J connectivity index is 0.00000392. The normalized spacial score (nSPS) is 13.7. The molecule has 1 N–H and O–H groups in total. The van der Waals surface area contributed by atoms with Gasteiger partial charge in [-0.2, -0.15) is 0 Å². The maximum Gasteiger partial charge on any atom is 0.224 e. The molecule has 0 aliphatic carbocycles. The molecule has 0 saturated carbocycles. The topological polar surface area (TPSA) is 66.4 Å². The fraction of sp³-hybridized carbons (Fsp3) is 0.600. The Morgan fingerprint density at radius 1 is 1.25 bits per heavy atom. The second-order valence-corrected chi connectivity index (χ2v) is 6.61. The molecular formula is C20H33IN4O3. The first-order valence-electron chi connectivity index (χ1n) is 9.57. The molecule has 1 heterocycles. The number of aliphatic imine (C=N–C) groups is 1. The zero-order valence-corrected chi connectivity index (χ0v) is 19.7. The number of amides is 1. The Labute approximate surface area is 185 Å². The molecule has 1 aliphatic rings. The number of nitrogens with zero attached hydrogens (tertiary/aromatic N) is 3. The summed E-state index contributed by atoms with van der Waals surface area (Å²) < 4.78 is 10.7. The van der Waals surface area contributed by atoms with Gasteiger partial charge in [0.25, 0.3) is 0 Å². The number of hydrogen-bond acceptors (Lipinski definition) is 4. The first-order valence-corrected chi connectivity index (χ1v) is 9.57. The third kappa shape index (κ3) is 7.03. The fourth-order valence-corrected chi connectivity index (χ4v) is 3.16. The van der Waals surface area contributed by atoms with Gasteiger partial charge in [0.15, 0.2) is 5.96 Å². The summed E-state index contributed by atoms with van der Waals surface area (Å²) >= 11 is 0. The van der Waals surface area contributed by atoms with Crippen LogP contribution in [0.4, 0.5) is 0 Å². The molecule has 0 unspecified atom stereocenters. The van der Waals surface area contributed by atoms with Crippen LogP contribution in [0.1, 0.15) is 31.7 Å². The van der Waals surface area contributed by atoms with Crippen molar-refractivity contribution in [1.82, 2.24) is 15.1 Å². The van der Waals surface area contributed by atoms with Crippen LogP contribution in [0, 0.1) is 0 Å². The number of nitrogens with one attached hydrogen (secondary N) is 1. The molecule has 2 rings (SSSR count). The molecule has 0 spiro atoms. The van der Waals surface area contributed by atoms with Crippen molar-refractivity contribution in [2.75, 3.05) is 47.4 Å². The van der Waals surface area contributed by atoms with Crippen molar-refractivity contribution in [3.05, 3.63) is 23.8 Å². The van der Waals surface area contributed by atoms with Gasteiger partial charge < -0.3 is 24.6 Å². The summed E-state index contributed by atoms with van der Waals surface area (Å²) in [6.07, 6.45) is 2.68. The maximum atomic E-state index is 12.2. The fourth-order valence-electron chi connectivity index (χ4n) is 3.16. The van der Waals surface area contributed by atoms with Gasteiger partial charge in [-0.1, -0.05) is 0 Å². The summed E-state index contributed by atoms with van der Waals surface area (Å²) in [5.41, 5.74) is 1.04. The summed E-state index contributed by atoms with van der Waals surface area (Å²) in [6, 6.07) is 5.79. The molecule has 8 heteroatoms. The van der Waals surface area contributed by atoms with Gasteiger partial charge >= 0.3 is 0 Å². The number of carbonyl (C=O) groups is 1. The highest BCUT2D eigenvalue weighted by atomic mass is 127. The summed E-state index contributed by atoms with van der Waals surface area (Å²) in [4.78, 5) is 20.8. The van der Waals surface area contributed by atoms with Crippen LogP contribution in [0.5, 0.6) is 11.5 Å². The Bertz CT molecular complexity index is 648. The lowest BCUT2D eigenvalue weighted by molar-refractivity contribution is -0.129. The number of likely N-dealkylation sites (tertiary alicyclic amines) is 1. The van der Waals surface area contributed by atoms with E-state index in [-0.39, 0.29) is 29.9 Å². The summed E-state index contributed by atoms with van der Waals surface area (Å²) in [5, 5.41) is 3.29. The second kappa shape index (κ2) is 12.7. The molecule has 28 heavy (non-hydrogen) atoms. The van der Waals surface area contributed by atoms with Crippen molar-refractivity contribution in [1.29, 1.82) is 0 Å². The Hall–Kier alpha value is -1.71. The van der Waals surface area contributed by atoms with Gasteiger partial charge in [-0.15, -0.1) is 24.0 Å². The Morgan fingerprint density at radius 2 is 1.96 bits per heavy atom. The summed E-state index contributed by atoms with van der Waals surface area (Å²) in [5.74, 6) is 2.52. The van der Waals surface area contributed by atoms with Crippen molar-refractivity contribution >= 4 is 35.8 Å². The highest BCUT2D eigenvalue weighted by Gasteiger charge is 2.17. The first kappa shape index (κ1) is 24.3. The van der Waals surface area contributed by atoms with Gasteiger partial charge in [0.2, 0.25) is 5.91 Å². The molecule has 1 aromatic carbocycles. The minimum absolute atomic E-state index is 0. The number of rotatable bonds is 8. The largest absolute Gasteiger partial charge is 0.497 e. The molecule has 0 radical (unpaired) electrons. The van der Waals surface area contributed by atoms with Crippen LogP contribution in [0.25, 0.3) is 0 Å². The predicted octanol–water partition coefficient (Wildman–Crippen LogP) is 2.73. The van der Waals surface area contributed by atoms with Crippen LogP contribution in [-0.2, 0) is 11.3 Å². The lowest BCUT2D eigenvalue weighted by atomic mass is 10.2. The Morgan fingerprint density at radius 3 is 2.57 bits per heavy atom. The maximum absolute atomic E-state index is 12.2. The molecule has 1 saturated heterocycles. The molecule has 0 bridgehead atoms. The van der Waals surface area contributed by atoms with Gasteiger partial charge in [0.1, 0.15) is 11.5 Å². The number of carbonyl (C=O) groups excluding carboxylic acids is 1. The number of methoxy groups -OCH3 is 2. The molecular weight excluding hydrogens is 471 g/mol. The summed E-state index contributed by atoms with van der Waals surface area (Å²) in [6.45, 7) is 5.70. The number of guanidine groups is 1. The zero-order chi connectivity index (χ0) is 19.6. The van der Waals surface area contributed by atoms with Crippen molar-refractivity contribution in [3.8, 4) is 11.5 Å². The van der Waals surface area contributed by atoms with Gasteiger partial charge in [-0.3, -0.25) is 9.79 Å². The van der Waals surface area contributed by atoms with Crippen LogP contribution in [0.3, 0.4) is 0 Å². The minimum atomic E-state index is 0. The number of ether oxygens (including phenoxy) is 2.